The molecule has 0 saturated heterocycles. The van der Waals surface area contributed by atoms with Gasteiger partial charge in [-0.3, -0.25) is 0 Å². The maximum atomic E-state index is 2.34. The first-order chi connectivity index (χ1) is 18.6. The summed E-state index contributed by atoms with van der Waals surface area (Å²) in [7, 11) is 0. The standard InChI is InChI=1S/C34H35.C5H5.Fe/c1-33(2,3)26-15-11-23-13-19-30(28(23)21-17-26)32(25-9-7-8-10-25)31-20-14-24-12-16-27(34(4,5)6)18-22-29(24)31;1-2-4-5-3-1;/h7-22,32H,1-6H3;1-5H;/q;;+2. The Hall–Kier alpha value is -2.08. The molecule has 0 unspecified atom stereocenters. The van der Waals surface area contributed by atoms with Gasteiger partial charge in [-0.1, -0.05) is 114 Å². The predicted octanol–water partition coefficient (Wildman–Crippen LogP) is 10.0. The van der Waals surface area contributed by atoms with Crippen molar-refractivity contribution in [2.24, 2.45) is 0 Å². The molecule has 0 nitrogen and oxygen atoms in total. The van der Waals surface area contributed by atoms with Gasteiger partial charge in [-0.15, -0.1) is 0 Å². The first kappa shape index (κ1) is 30.9. The Morgan fingerprint density at radius 3 is 1.15 bits per heavy atom. The van der Waals surface area contributed by atoms with Crippen molar-refractivity contribution in [3.05, 3.63) is 159 Å². The van der Waals surface area contributed by atoms with E-state index in [1.807, 2.05) is 32.1 Å². The third-order valence-corrected chi connectivity index (χ3v) is 7.80. The third-order valence-electron chi connectivity index (χ3n) is 7.80. The van der Waals surface area contributed by atoms with Gasteiger partial charge in [-0.2, -0.15) is 0 Å². The van der Waals surface area contributed by atoms with Gasteiger partial charge >= 0.3 is 17.1 Å². The van der Waals surface area contributed by atoms with Crippen molar-refractivity contribution in [2.45, 2.75) is 58.3 Å². The van der Waals surface area contributed by atoms with E-state index in [0.29, 0.717) is 0 Å². The molecular weight excluding hydrogens is 524 g/mol. The van der Waals surface area contributed by atoms with Gasteiger partial charge < -0.3 is 0 Å². The summed E-state index contributed by atoms with van der Waals surface area (Å²) in [4.78, 5) is 0. The Morgan fingerprint density at radius 2 is 0.775 bits per heavy atom. The van der Waals surface area contributed by atoms with E-state index in [1.165, 1.54) is 50.4 Å². The molecule has 0 heterocycles. The third kappa shape index (κ3) is 6.86. The van der Waals surface area contributed by atoms with Crippen LogP contribution in [-0.4, -0.2) is 0 Å². The van der Waals surface area contributed by atoms with Crippen molar-refractivity contribution < 1.29 is 17.1 Å². The molecule has 0 spiro atoms. The van der Waals surface area contributed by atoms with Crippen LogP contribution in [0.15, 0.2) is 72.8 Å². The fourth-order valence-electron chi connectivity index (χ4n) is 5.48. The molecule has 0 N–H and O–H groups in total. The van der Waals surface area contributed by atoms with Gasteiger partial charge in [-0.25, -0.2) is 0 Å². The predicted molar refractivity (Wildman–Crippen MR) is 167 cm³/mol. The molecule has 202 valence electrons. The summed E-state index contributed by atoms with van der Waals surface area (Å²) in [5, 5.41) is 0. The average Bonchev–Trinajstić information content (AvgIpc) is 3.68. The molecule has 6 rings (SSSR count). The second kappa shape index (κ2) is 12.8. The van der Waals surface area contributed by atoms with E-state index in [9.17, 15) is 0 Å². The van der Waals surface area contributed by atoms with Gasteiger partial charge in [0, 0.05) is 5.92 Å². The number of hydrogen-bond acceptors (Lipinski definition) is 0. The summed E-state index contributed by atoms with van der Waals surface area (Å²) in [6.45, 7) is 13.7. The fourth-order valence-corrected chi connectivity index (χ4v) is 5.48. The van der Waals surface area contributed by atoms with Crippen LogP contribution >= 0.6 is 0 Å². The number of rotatable bonds is 3. The summed E-state index contributed by atoms with van der Waals surface area (Å²) in [6.07, 6.45) is 18.9. The first-order valence-corrected chi connectivity index (χ1v) is 14.1. The fraction of sp³-hybridized carbons (Fsp3) is 0.231. The Kier molecular flexibility index (Phi) is 9.91. The summed E-state index contributed by atoms with van der Waals surface area (Å²) in [6, 6.07) is 27.7. The van der Waals surface area contributed by atoms with E-state index < -0.39 is 0 Å². The van der Waals surface area contributed by atoms with Gasteiger partial charge in [0.15, 0.2) is 0 Å². The summed E-state index contributed by atoms with van der Waals surface area (Å²) in [5.74, 6) is 1.55. The molecule has 10 radical (unpaired) electrons. The van der Waals surface area contributed by atoms with Crippen molar-refractivity contribution in [1.82, 2.24) is 0 Å². The van der Waals surface area contributed by atoms with Crippen LogP contribution in [0.2, 0.25) is 0 Å². The van der Waals surface area contributed by atoms with Crippen LogP contribution in [0.3, 0.4) is 0 Å². The smallest absolute Gasteiger partial charge is 0.0579 e. The Morgan fingerprint density at radius 1 is 0.425 bits per heavy atom. The largest absolute Gasteiger partial charge is 2.00 e. The number of fused-ring (bicyclic) bond motifs is 2. The van der Waals surface area contributed by atoms with Gasteiger partial charge in [0.2, 0.25) is 0 Å². The second-order valence-electron chi connectivity index (χ2n) is 12.7. The Bertz CT molecular complexity index is 1210. The maximum Gasteiger partial charge on any atom is 2.00 e. The van der Waals surface area contributed by atoms with Gasteiger partial charge in [0.05, 0.1) is 0 Å². The van der Waals surface area contributed by atoms with E-state index >= 15 is 0 Å². The van der Waals surface area contributed by atoms with Crippen molar-refractivity contribution in [2.75, 3.05) is 0 Å². The van der Waals surface area contributed by atoms with Crippen molar-refractivity contribution in [3.63, 3.8) is 0 Å². The SMILES string of the molecule is CC(C)(C)c1ccc2ccc(C([C]3[CH][CH][CH][CH]3)c3ccc4ccc(C(C)(C)C)ccc3-4)c-2cc1.[CH]1[CH][CH][CH][CH]1.[Fe+2]. The molecule has 2 fully saturated rings. The zero-order valence-corrected chi connectivity index (χ0v) is 25.7. The molecule has 0 aliphatic heterocycles. The normalized spacial score (nSPS) is 16.3. The van der Waals surface area contributed by atoms with Crippen molar-refractivity contribution >= 4 is 0 Å². The van der Waals surface area contributed by atoms with Gasteiger partial charge in [0.25, 0.3) is 0 Å². The van der Waals surface area contributed by atoms with E-state index in [1.54, 1.807) is 0 Å². The molecule has 6 aliphatic carbocycles. The van der Waals surface area contributed by atoms with Crippen LogP contribution < -0.4 is 0 Å². The van der Waals surface area contributed by atoms with Gasteiger partial charge in [-0.05, 0) is 119 Å². The zero-order valence-electron chi connectivity index (χ0n) is 24.6. The molecule has 0 aromatic heterocycles. The minimum absolute atomic E-state index is 0. The monoisotopic (exact) mass is 564 g/mol. The van der Waals surface area contributed by atoms with Crippen LogP contribution in [0.1, 0.15) is 69.7 Å². The molecule has 0 aromatic carbocycles. The molecular formula is C39H40Fe+2. The van der Waals surface area contributed by atoms with Gasteiger partial charge in [0.1, 0.15) is 0 Å². The van der Waals surface area contributed by atoms with Crippen LogP contribution in [-0.2, 0) is 27.9 Å². The Balaban J connectivity index is 0.000000557. The molecule has 1 heteroatoms. The minimum Gasteiger partial charge on any atom is -0.0579 e. The van der Waals surface area contributed by atoms with E-state index in [4.69, 9.17) is 0 Å². The van der Waals surface area contributed by atoms with E-state index in [-0.39, 0.29) is 33.8 Å². The number of hydrogen-bond donors (Lipinski definition) is 0. The second-order valence-corrected chi connectivity index (χ2v) is 12.7. The van der Waals surface area contributed by atoms with Crippen LogP contribution in [0.25, 0.3) is 22.3 Å². The van der Waals surface area contributed by atoms with Crippen LogP contribution in [0.4, 0.5) is 0 Å². The van der Waals surface area contributed by atoms with E-state index in [0.717, 1.165) is 0 Å². The summed E-state index contributed by atoms with van der Waals surface area (Å²) < 4.78 is 0. The molecule has 6 aliphatic rings. The molecule has 40 heavy (non-hydrogen) atoms. The quantitative estimate of drug-likeness (QED) is 0.217. The van der Waals surface area contributed by atoms with E-state index in [2.05, 4.69) is 140 Å². The first-order valence-electron chi connectivity index (χ1n) is 14.1. The molecule has 0 amide bonds. The maximum absolute atomic E-state index is 2.34. The molecule has 0 atom stereocenters. The van der Waals surface area contributed by atoms with Crippen LogP contribution in [0.5, 0.6) is 0 Å². The molecule has 0 bridgehead atoms. The minimum atomic E-state index is 0. The van der Waals surface area contributed by atoms with Crippen molar-refractivity contribution in [3.8, 4) is 22.3 Å². The zero-order chi connectivity index (χ0) is 27.6. The van der Waals surface area contributed by atoms with Crippen molar-refractivity contribution in [1.29, 1.82) is 0 Å². The van der Waals surface area contributed by atoms with Crippen LogP contribution in [0, 0.1) is 63.7 Å². The molecule has 2 saturated carbocycles. The summed E-state index contributed by atoms with van der Waals surface area (Å²) in [5.41, 5.74) is 11.0. The summed E-state index contributed by atoms with van der Waals surface area (Å²) >= 11 is 0. The topological polar surface area (TPSA) is 0 Å². The average molecular weight is 565 g/mol. The Labute approximate surface area is 255 Å². The molecule has 0 aromatic rings.